The van der Waals surface area contributed by atoms with Crippen molar-refractivity contribution in [3.05, 3.63) is 35.9 Å². The first-order valence-corrected chi connectivity index (χ1v) is 7.41. The van der Waals surface area contributed by atoms with Crippen molar-refractivity contribution < 1.29 is 17.9 Å². The summed E-state index contributed by atoms with van der Waals surface area (Å²) in [5.41, 5.74) is -0.590. The fourth-order valence-corrected chi connectivity index (χ4v) is 3.09. The summed E-state index contributed by atoms with van der Waals surface area (Å²) in [6, 6.07) is 9.38. The van der Waals surface area contributed by atoms with Crippen molar-refractivity contribution in [3.63, 3.8) is 0 Å². The maximum atomic E-state index is 12.3. The molecule has 0 bridgehead atoms. The topological polar surface area (TPSA) is 55.8 Å². The molecule has 1 aromatic carbocycles. The average molecular weight is 297 g/mol. The number of benzene rings is 1. The van der Waals surface area contributed by atoms with E-state index in [1.54, 1.807) is 20.8 Å². The van der Waals surface area contributed by atoms with E-state index in [1.165, 1.54) is 0 Å². The van der Waals surface area contributed by atoms with Crippen molar-refractivity contribution >= 4 is 17.4 Å². The zero-order valence-corrected chi connectivity index (χ0v) is 12.9. The number of ether oxygens (including phenoxy) is 1. The van der Waals surface area contributed by atoms with Gasteiger partial charge in [-0.15, -0.1) is 0 Å². The molecule has 5 nitrogen and oxygen atoms in total. The smallest absolute Gasteiger partial charge is 0.424 e. The molecule has 0 unspecified atom stereocenters. The molecule has 0 radical (unpaired) electrons. The zero-order chi connectivity index (χ0) is 15.0. The van der Waals surface area contributed by atoms with Crippen molar-refractivity contribution in [2.24, 2.45) is 0 Å². The summed E-state index contributed by atoms with van der Waals surface area (Å²) in [7, 11) is 0. The molecule has 1 aromatic rings. The van der Waals surface area contributed by atoms with Gasteiger partial charge in [0, 0.05) is 0 Å². The number of amides is 1. The van der Waals surface area contributed by atoms with Crippen LogP contribution in [0.5, 0.6) is 0 Å². The molecule has 0 aliphatic carbocycles. The lowest BCUT2D eigenvalue weighted by atomic mass is 9.93. The molecule has 0 N–H and O–H groups in total. The van der Waals surface area contributed by atoms with E-state index >= 15 is 0 Å². The van der Waals surface area contributed by atoms with Crippen LogP contribution in [0.1, 0.15) is 33.3 Å². The standard InChI is InChI=1S/C14H19NO4S/c1-13(2,3)19-12(16)15-14(4,10-18-20(15)17)11-8-6-5-7-9-11/h5-9H,10H2,1-4H3/t14-,20+/m1/s1. The number of carbonyl (C=O) groups is 1. The Morgan fingerprint density at radius 3 is 2.50 bits per heavy atom. The molecule has 1 aliphatic rings. The summed E-state index contributed by atoms with van der Waals surface area (Å²) in [4.78, 5) is 12.3. The molecule has 1 aliphatic heterocycles. The van der Waals surface area contributed by atoms with Gasteiger partial charge in [0.05, 0.1) is 6.61 Å². The maximum Gasteiger partial charge on any atom is 0.424 e. The largest absolute Gasteiger partial charge is 0.443 e. The molecule has 110 valence electrons. The molecule has 1 fully saturated rings. The number of hydrogen-bond acceptors (Lipinski definition) is 4. The zero-order valence-electron chi connectivity index (χ0n) is 12.1. The van der Waals surface area contributed by atoms with Crippen molar-refractivity contribution in [2.75, 3.05) is 6.61 Å². The minimum Gasteiger partial charge on any atom is -0.443 e. The summed E-state index contributed by atoms with van der Waals surface area (Å²) in [6.45, 7) is 7.29. The first kappa shape index (κ1) is 15.0. The highest BCUT2D eigenvalue weighted by Crippen LogP contribution is 2.36. The van der Waals surface area contributed by atoms with Gasteiger partial charge in [-0.3, -0.25) is 4.18 Å². The van der Waals surface area contributed by atoms with E-state index in [9.17, 15) is 9.00 Å². The van der Waals surface area contributed by atoms with Gasteiger partial charge in [-0.25, -0.2) is 9.00 Å². The Hall–Kier alpha value is -1.40. The lowest BCUT2D eigenvalue weighted by Crippen LogP contribution is -2.46. The van der Waals surface area contributed by atoms with E-state index in [-0.39, 0.29) is 6.61 Å². The number of rotatable bonds is 1. The van der Waals surface area contributed by atoms with Crippen LogP contribution >= 0.6 is 0 Å². The molecule has 1 saturated heterocycles. The highest BCUT2D eigenvalue weighted by molar-refractivity contribution is 7.78. The first-order chi connectivity index (χ1) is 9.24. The van der Waals surface area contributed by atoms with Crippen molar-refractivity contribution in [2.45, 2.75) is 38.8 Å². The predicted octanol–water partition coefficient (Wildman–Crippen LogP) is 2.75. The molecule has 0 saturated carbocycles. The summed E-state index contributed by atoms with van der Waals surface area (Å²) in [5.74, 6) is 0. The SMILES string of the molecule is CC(C)(C)OC(=O)N1[S@@](=O)OC[C@]1(C)c1ccccc1. The lowest BCUT2D eigenvalue weighted by molar-refractivity contribution is 0.0271. The van der Waals surface area contributed by atoms with Crippen LogP contribution in [0.4, 0.5) is 4.79 Å². The van der Waals surface area contributed by atoms with Gasteiger partial charge in [0.1, 0.15) is 11.1 Å². The van der Waals surface area contributed by atoms with Crippen molar-refractivity contribution in [1.82, 2.24) is 4.31 Å². The Bertz CT molecular complexity index is 526. The molecule has 0 spiro atoms. The fraction of sp³-hybridized carbons (Fsp3) is 0.500. The Morgan fingerprint density at radius 1 is 1.35 bits per heavy atom. The van der Waals surface area contributed by atoms with Crippen LogP contribution in [0.25, 0.3) is 0 Å². The van der Waals surface area contributed by atoms with Gasteiger partial charge in [0.15, 0.2) is 0 Å². The van der Waals surface area contributed by atoms with Crippen molar-refractivity contribution in [1.29, 1.82) is 0 Å². The van der Waals surface area contributed by atoms with E-state index in [2.05, 4.69) is 0 Å². The third-order valence-electron chi connectivity index (χ3n) is 2.99. The summed E-state index contributed by atoms with van der Waals surface area (Å²) < 4.78 is 23.7. The van der Waals surface area contributed by atoms with Crippen LogP contribution in [0.2, 0.25) is 0 Å². The third-order valence-corrected chi connectivity index (χ3v) is 4.16. The minimum absolute atomic E-state index is 0.170. The predicted molar refractivity (Wildman–Crippen MR) is 76.0 cm³/mol. The van der Waals surface area contributed by atoms with E-state index in [4.69, 9.17) is 8.92 Å². The number of nitrogens with zero attached hydrogens (tertiary/aromatic N) is 1. The van der Waals surface area contributed by atoms with Crippen LogP contribution in [0, 0.1) is 0 Å². The molecular weight excluding hydrogens is 278 g/mol. The molecule has 1 heterocycles. The summed E-state index contributed by atoms with van der Waals surface area (Å²) in [6.07, 6.45) is -0.639. The van der Waals surface area contributed by atoms with Gasteiger partial charge >= 0.3 is 6.09 Å². The van der Waals surface area contributed by atoms with Crippen LogP contribution in [-0.2, 0) is 25.7 Å². The highest BCUT2D eigenvalue weighted by Gasteiger charge is 2.49. The molecule has 20 heavy (non-hydrogen) atoms. The van der Waals surface area contributed by atoms with Gasteiger partial charge in [-0.05, 0) is 33.3 Å². The van der Waals surface area contributed by atoms with Gasteiger partial charge in [-0.2, -0.15) is 4.31 Å². The molecule has 1 amide bonds. The van der Waals surface area contributed by atoms with Gasteiger partial charge < -0.3 is 4.74 Å². The Kier molecular flexibility index (Phi) is 3.88. The fourth-order valence-electron chi connectivity index (χ4n) is 2.00. The normalized spacial score (nSPS) is 26.6. The lowest BCUT2D eigenvalue weighted by Gasteiger charge is -2.32. The monoisotopic (exact) mass is 297 g/mol. The molecule has 2 atom stereocenters. The van der Waals surface area contributed by atoms with E-state index in [0.29, 0.717) is 0 Å². The molecule has 2 rings (SSSR count). The summed E-state index contributed by atoms with van der Waals surface area (Å²) >= 11 is -1.84. The Labute approximate surface area is 121 Å². The second kappa shape index (κ2) is 5.18. The van der Waals surface area contributed by atoms with Gasteiger partial charge in [0.25, 0.3) is 11.3 Å². The highest BCUT2D eigenvalue weighted by atomic mass is 32.2. The van der Waals surface area contributed by atoms with Gasteiger partial charge in [0.2, 0.25) is 0 Å². The Balaban J connectivity index is 2.34. The molecule has 6 heteroatoms. The van der Waals surface area contributed by atoms with Crippen LogP contribution in [0.3, 0.4) is 0 Å². The van der Waals surface area contributed by atoms with E-state index in [1.807, 2.05) is 37.3 Å². The molecule has 0 aromatic heterocycles. The van der Waals surface area contributed by atoms with Crippen LogP contribution in [0.15, 0.2) is 30.3 Å². The summed E-state index contributed by atoms with van der Waals surface area (Å²) in [5, 5.41) is 0. The van der Waals surface area contributed by atoms with E-state index in [0.717, 1.165) is 9.87 Å². The Morgan fingerprint density at radius 2 is 1.95 bits per heavy atom. The average Bonchev–Trinajstić information content (AvgIpc) is 2.65. The van der Waals surface area contributed by atoms with Crippen LogP contribution in [-0.4, -0.2) is 26.8 Å². The third kappa shape index (κ3) is 2.86. The van der Waals surface area contributed by atoms with Gasteiger partial charge in [-0.1, -0.05) is 30.3 Å². The minimum atomic E-state index is -1.84. The number of hydrogen-bond donors (Lipinski definition) is 0. The van der Waals surface area contributed by atoms with Crippen molar-refractivity contribution in [3.8, 4) is 0 Å². The van der Waals surface area contributed by atoms with Crippen LogP contribution < -0.4 is 0 Å². The number of carbonyl (C=O) groups excluding carboxylic acids is 1. The second-order valence-electron chi connectivity index (χ2n) is 5.89. The molecular formula is C14H19NO4S. The second-order valence-corrected chi connectivity index (χ2v) is 6.93. The first-order valence-electron chi connectivity index (χ1n) is 6.38. The van der Waals surface area contributed by atoms with E-state index < -0.39 is 28.5 Å². The maximum absolute atomic E-state index is 12.3. The quantitative estimate of drug-likeness (QED) is 0.800.